The molecule has 1 saturated heterocycles. The standard InChI is InChI=1S/C21H33N3O/c1-17-7-6-8-18(15-17)16-24-13-11-19(12-14-24)22-21(25)23(2)20-9-4-3-5-10-20/h6-8,15,19-20H,3-5,9-14,16H2,1-2H3,(H,22,25). The van der Waals surface area contributed by atoms with Crippen molar-refractivity contribution in [2.75, 3.05) is 20.1 Å². The Balaban J connectivity index is 1.42. The molecule has 2 amide bonds. The van der Waals surface area contributed by atoms with E-state index in [-0.39, 0.29) is 6.03 Å². The Bertz CT molecular complexity index is 560. The molecule has 1 aromatic rings. The smallest absolute Gasteiger partial charge is 0.317 e. The maximum Gasteiger partial charge on any atom is 0.317 e. The Hall–Kier alpha value is -1.55. The molecule has 0 bridgehead atoms. The van der Waals surface area contributed by atoms with Crippen molar-refractivity contribution in [3.63, 3.8) is 0 Å². The minimum Gasteiger partial charge on any atom is -0.335 e. The van der Waals surface area contributed by atoms with Crippen molar-refractivity contribution in [3.8, 4) is 0 Å². The molecule has 0 aromatic heterocycles. The van der Waals surface area contributed by atoms with E-state index in [9.17, 15) is 4.79 Å². The minimum atomic E-state index is 0.129. The van der Waals surface area contributed by atoms with E-state index in [4.69, 9.17) is 0 Å². The maximum atomic E-state index is 12.5. The zero-order valence-corrected chi connectivity index (χ0v) is 15.8. The van der Waals surface area contributed by atoms with Crippen LogP contribution in [-0.4, -0.2) is 48.1 Å². The van der Waals surface area contributed by atoms with Crippen molar-refractivity contribution in [2.45, 2.75) is 70.5 Å². The topological polar surface area (TPSA) is 35.6 Å². The number of benzene rings is 1. The summed E-state index contributed by atoms with van der Waals surface area (Å²) >= 11 is 0. The van der Waals surface area contributed by atoms with Gasteiger partial charge >= 0.3 is 6.03 Å². The number of likely N-dealkylation sites (tertiary alicyclic amines) is 1. The van der Waals surface area contributed by atoms with Gasteiger partial charge in [-0.15, -0.1) is 0 Å². The van der Waals surface area contributed by atoms with Crippen LogP contribution in [-0.2, 0) is 6.54 Å². The zero-order chi connectivity index (χ0) is 17.6. The molecular weight excluding hydrogens is 310 g/mol. The van der Waals surface area contributed by atoms with Crippen molar-refractivity contribution >= 4 is 6.03 Å². The van der Waals surface area contributed by atoms with E-state index in [2.05, 4.69) is 41.4 Å². The van der Waals surface area contributed by atoms with Crippen LogP contribution in [0.5, 0.6) is 0 Å². The number of rotatable bonds is 4. The third kappa shape index (κ3) is 5.21. The summed E-state index contributed by atoms with van der Waals surface area (Å²) in [7, 11) is 1.97. The van der Waals surface area contributed by atoms with Crippen LogP contribution in [0.15, 0.2) is 24.3 Å². The highest BCUT2D eigenvalue weighted by Gasteiger charge is 2.25. The van der Waals surface area contributed by atoms with Crippen molar-refractivity contribution < 1.29 is 4.79 Å². The first-order valence-electron chi connectivity index (χ1n) is 9.93. The molecule has 1 aliphatic heterocycles. The Morgan fingerprint density at radius 2 is 1.88 bits per heavy atom. The average molecular weight is 344 g/mol. The van der Waals surface area contributed by atoms with E-state index in [0.717, 1.165) is 32.5 Å². The normalized spacial score (nSPS) is 20.4. The largest absolute Gasteiger partial charge is 0.335 e. The fourth-order valence-electron chi connectivity index (χ4n) is 4.21. The van der Waals surface area contributed by atoms with E-state index in [1.807, 2.05) is 11.9 Å². The van der Waals surface area contributed by atoms with Gasteiger partial charge in [-0.25, -0.2) is 4.79 Å². The van der Waals surface area contributed by atoms with Crippen LogP contribution < -0.4 is 5.32 Å². The molecule has 3 rings (SSSR count). The maximum absolute atomic E-state index is 12.5. The summed E-state index contributed by atoms with van der Waals surface area (Å²) in [6, 6.07) is 9.66. The van der Waals surface area contributed by atoms with E-state index in [1.54, 1.807) is 0 Å². The van der Waals surface area contributed by atoms with Gasteiger partial charge < -0.3 is 10.2 Å². The van der Waals surface area contributed by atoms with Crippen LogP contribution in [0, 0.1) is 6.92 Å². The van der Waals surface area contributed by atoms with Gasteiger partial charge in [-0.3, -0.25) is 4.90 Å². The number of aryl methyl sites for hydroxylation is 1. The summed E-state index contributed by atoms with van der Waals surface area (Å²) in [5.74, 6) is 0. The van der Waals surface area contributed by atoms with Crippen molar-refractivity contribution in [1.82, 2.24) is 15.1 Å². The molecule has 4 heteroatoms. The lowest BCUT2D eigenvalue weighted by atomic mass is 9.94. The van der Waals surface area contributed by atoms with Gasteiger partial charge in [-0.2, -0.15) is 0 Å². The Morgan fingerprint density at radius 1 is 1.16 bits per heavy atom. The molecule has 1 heterocycles. The average Bonchev–Trinajstić information content (AvgIpc) is 2.63. The van der Waals surface area contributed by atoms with E-state index < -0.39 is 0 Å². The van der Waals surface area contributed by atoms with Crippen LogP contribution in [0.25, 0.3) is 0 Å². The second-order valence-corrected chi connectivity index (χ2v) is 7.89. The lowest BCUT2D eigenvalue weighted by Crippen LogP contribution is -2.50. The fraction of sp³-hybridized carbons (Fsp3) is 0.667. The second kappa shape index (κ2) is 8.70. The summed E-state index contributed by atoms with van der Waals surface area (Å²) in [6.07, 6.45) is 8.29. The Morgan fingerprint density at radius 3 is 2.56 bits per heavy atom. The number of urea groups is 1. The van der Waals surface area contributed by atoms with E-state index in [0.29, 0.717) is 12.1 Å². The highest BCUT2D eigenvalue weighted by Crippen LogP contribution is 2.22. The van der Waals surface area contributed by atoms with Crippen LogP contribution >= 0.6 is 0 Å². The van der Waals surface area contributed by atoms with Crippen molar-refractivity contribution in [1.29, 1.82) is 0 Å². The summed E-state index contributed by atoms with van der Waals surface area (Å²) in [5, 5.41) is 3.27. The fourth-order valence-corrected chi connectivity index (χ4v) is 4.21. The van der Waals surface area contributed by atoms with Crippen LogP contribution in [0.1, 0.15) is 56.1 Å². The molecule has 0 unspecified atom stereocenters. The molecule has 1 N–H and O–H groups in total. The number of amides is 2. The molecule has 2 aliphatic rings. The van der Waals surface area contributed by atoms with Gasteiger partial charge in [0, 0.05) is 38.8 Å². The minimum absolute atomic E-state index is 0.129. The highest BCUT2D eigenvalue weighted by molar-refractivity contribution is 5.74. The molecule has 0 atom stereocenters. The van der Waals surface area contributed by atoms with Gasteiger partial charge in [0.05, 0.1) is 0 Å². The third-order valence-electron chi connectivity index (χ3n) is 5.85. The number of nitrogens with zero attached hydrogens (tertiary/aromatic N) is 2. The SMILES string of the molecule is Cc1cccc(CN2CCC(NC(=O)N(C)C3CCCCC3)CC2)c1. The molecular formula is C21H33N3O. The first-order valence-corrected chi connectivity index (χ1v) is 9.93. The Kier molecular flexibility index (Phi) is 6.35. The number of carbonyl (C=O) groups is 1. The molecule has 1 saturated carbocycles. The lowest BCUT2D eigenvalue weighted by Gasteiger charge is -2.35. The van der Waals surface area contributed by atoms with Gasteiger partial charge in [-0.1, -0.05) is 49.1 Å². The van der Waals surface area contributed by atoms with Crippen molar-refractivity contribution in [3.05, 3.63) is 35.4 Å². The number of piperidine rings is 1. The molecule has 4 nitrogen and oxygen atoms in total. The van der Waals surface area contributed by atoms with Gasteiger partial charge in [0.2, 0.25) is 0 Å². The summed E-state index contributed by atoms with van der Waals surface area (Å²) in [4.78, 5) is 17.0. The highest BCUT2D eigenvalue weighted by atomic mass is 16.2. The first kappa shape index (κ1) is 18.2. The number of carbonyl (C=O) groups excluding carboxylic acids is 1. The van der Waals surface area contributed by atoms with Gasteiger partial charge in [-0.05, 0) is 38.2 Å². The molecule has 0 spiro atoms. The third-order valence-corrected chi connectivity index (χ3v) is 5.85. The van der Waals surface area contributed by atoms with Gasteiger partial charge in [0.1, 0.15) is 0 Å². The molecule has 138 valence electrons. The van der Waals surface area contributed by atoms with E-state index in [1.165, 1.54) is 43.2 Å². The predicted molar refractivity (Wildman–Crippen MR) is 103 cm³/mol. The Labute approximate surface area is 152 Å². The number of hydrogen-bond donors (Lipinski definition) is 1. The summed E-state index contributed by atoms with van der Waals surface area (Å²) < 4.78 is 0. The van der Waals surface area contributed by atoms with Gasteiger partial charge in [0.15, 0.2) is 0 Å². The quantitative estimate of drug-likeness (QED) is 0.899. The van der Waals surface area contributed by atoms with E-state index >= 15 is 0 Å². The molecule has 1 aliphatic carbocycles. The second-order valence-electron chi connectivity index (χ2n) is 7.89. The predicted octanol–water partition coefficient (Wildman–Crippen LogP) is 3.93. The van der Waals surface area contributed by atoms with Crippen LogP contribution in [0.3, 0.4) is 0 Å². The van der Waals surface area contributed by atoms with Crippen LogP contribution in [0.2, 0.25) is 0 Å². The monoisotopic (exact) mass is 343 g/mol. The molecule has 2 fully saturated rings. The first-order chi connectivity index (χ1) is 12.1. The summed E-state index contributed by atoms with van der Waals surface area (Å²) in [5.41, 5.74) is 2.71. The van der Waals surface area contributed by atoms with Crippen LogP contribution in [0.4, 0.5) is 4.79 Å². The zero-order valence-electron chi connectivity index (χ0n) is 15.8. The van der Waals surface area contributed by atoms with Gasteiger partial charge in [0.25, 0.3) is 0 Å². The number of hydrogen-bond acceptors (Lipinski definition) is 2. The lowest BCUT2D eigenvalue weighted by molar-refractivity contribution is 0.155. The molecule has 0 radical (unpaired) electrons. The molecule has 1 aromatic carbocycles. The number of nitrogens with one attached hydrogen (secondary N) is 1. The van der Waals surface area contributed by atoms with Crippen molar-refractivity contribution in [2.24, 2.45) is 0 Å². The molecule has 25 heavy (non-hydrogen) atoms. The summed E-state index contributed by atoms with van der Waals surface area (Å²) in [6.45, 7) is 5.29.